The van der Waals surface area contributed by atoms with E-state index < -0.39 is 0 Å². The summed E-state index contributed by atoms with van der Waals surface area (Å²) in [5.41, 5.74) is 13.0. The fourth-order valence-corrected chi connectivity index (χ4v) is 2.22. The number of amides is 1. The number of rotatable bonds is 2. The highest BCUT2D eigenvalue weighted by Gasteiger charge is 2.24. The van der Waals surface area contributed by atoms with Crippen LogP contribution in [0.2, 0.25) is 0 Å². The molecule has 0 bridgehead atoms. The lowest BCUT2D eigenvalue weighted by Gasteiger charge is -2.32. The summed E-state index contributed by atoms with van der Waals surface area (Å²) in [4.78, 5) is 17.5. The van der Waals surface area contributed by atoms with Crippen molar-refractivity contribution in [1.82, 2.24) is 4.98 Å². The first kappa shape index (κ1) is 11.7. The number of aryl methyl sites for hydroxylation is 1. The molecule has 1 saturated heterocycles. The van der Waals surface area contributed by atoms with Crippen molar-refractivity contribution in [3.8, 4) is 0 Å². The molecule has 1 aliphatic rings. The van der Waals surface area contributed by atoms with Gasteiger partial charge in [-0.2, -0.15) is 0 Å². The van der Waals surface area contributed by atoms with Crippen molar-refractivity contribution in [3.63, 3.8) is 0 Å². The Morgan fingerprint density at radius 3 is 2.65 bits per heavy atom. The molecule has 0 spiro atoms. The van der Waals surface area contributed by atoms with Crippen LogP contribution in [0.15, 0.2) is 12.3 Å². The Labute approximate surface area is 101 Å². The van der Waals surface area contributed by atoms with E-state index in [1.54, 1.807) is 0 Å². The zero-order chi connectivity index (χ0) is 12.4. The number of pyridine rings is 1. The first-order chi connectivity index (χ1) is 8.08. The summed E-state index contributed by atoms with van der Waals surface area (Å²) in [6.07, 6.45) is 3.38. The third kappa shape index (κ3) is 2.49. The van der Waals surface area contributed by atoms with E-state index in [0.29, 0.717) is 5.69 Å². The maximum Gasteiger partial charge on any atom is 0.220 e. The molecule has 17 heavy (non-hydrogen) atoms. The van der Waals surface area contributed by atoms with Gasteiger partial charge in [-0.25, -0.2) is 4.98 Å². The van der Waals surface area contributed by atoms with E-state index in [-0.39, 0.29) is 11.8 Å². The highest BCUT2D eigenvalue weighted by Crippen LogP contribution is 2.26. The summed E-state index contributed by atoms with van der Waals surface area (Å²) in [6.45, 7) is 3.54. The molecule has 0 saturated carbocycles. The summed E-state index contributed by atoms with van der Waals surface area (Å²) in [7, 11) is 0. The zero-order valence-corrected chi connectivity index (χ0v) is 10.0. The van der Waals surface area contributed by atoms with Crippen LogP contribution in [0.3, 0.4) is 0 Å². The van der Waals surface area contributed by atoms with Gasteiger partial charge in [0, 0.05) is 25.2 Å². The van der Waals surface area contributed by atoms with Gasteiger partial charge < -0.3 is 16.4 Å². The van der Waals surface area contributed by atoms with Crippen molar-refractivity contribution in [2.75, 3.05) is 23.7 Å². The Hall–Kier alpha value is -1.78. The molecule has 5 nitrogen and oxygen atoms in total. The van der Waals surface area contributed by atoms with E-state index in [0.717, 1.165) is 37.3 Å². The van der Waals surface area contributed by atoms with Crippen LogP contribution in [0.5, 0.6) is 0 Å². The number of nitrogen functional groups attached to an aromatic ring is 1. The molecule has 1 aromatic rings. The van der Waals surface area contributed by atoms with Gasteiger partial charge in [0.1, 0.15) is 0 Å². The lowest BCUT2D eigenvalue weighted by molar-refractivity contribution is -0.122. The lowest BCUT2D eigenvalue weighted by Crippen LogP contribution is -2.39. The number of aromatic nitrogens is 1. The van der Waals surface area contributed by atoms with Crippen LogP contribution in [0.1, 0.15) is 18.4 Å². The predicted molar refractivity (Wildman–Crippen MR) is 67.5 cm³/mol. The molecule has 1 aliphatic heterocycles. The van der Waals surface area contributed by atoms with Crippen LogP contribution < -0.4 is 16.4 Å². The molecule has 2 rings (SSSR count). The molecular formula is C12H18N4O. The molecular weight excluding hydrogens is 216 g/mol. The van der Waals surface area contributed by atoms with Crippen molar-refractivity contribution in [2.45, 2.75) is 19.8 Å². The molecule has 0 aromatic carbocycles. The Kier molecular flexibility index (Phi) is 3.17. The van der Waals surface area contributed by atoms with Gasteiger partial charge in [-0.1, -0.05) is 0 Å². The van der Waals surface area contributed by atoms with Crippen LogP contribution in [0.4, 0.5) is 11.5 Å². The van der Waals surface area contributed by atoms with Crippen molar-refractivity contribution in [1.29, 1.82) is 0 Å². The monoisotopic (exact) mass is 234 g/mol. The molecule has 0 aliphatic carbocycles. The fourth-order valence-electron chi connectivity index (χ4n) is 2.22. The quantitative estimate of drug-likeness (QED) is 0.787. The third-order valence-corrected chi connectivity index (χ3v) is 3.23. The minimum absolute atomic E-state index is 0.00192. The standard InChI is InChI=1S/C12H18N4O/c1-8-6-10(13)12(15-7-8)16-4-2-9(3-5-16)11(14)17/h6-7,9H,2-5,13H2,1H3,(H2,14,17). The largest absolute Gasteiger partial charge is 0.396 e. The second-order valence-electron chi connectivity index (χ2n) is 4.59. The average molecular weight is 234 g/mol. The molecule has 4 N–H and O–H groups in total. The normalized spacial score (nSPS) is 17.1. The fraction of sp³-hybridized carbons (Fsp3) is 0.500. The van der Waals surface area contributed by atoms with E-state index in [1.807, 2.05) is 19.2 Å². The Balaban J connectivity index is 2.08. The molecule has 92 valence electrons. The van der Waals surface area contributed by atoms with E-state index in [4.69, 9.17) is 11.5 Å². The number of carbonyl (C=O) groups excluding carboxylic acids is 1. The van der Waals surface area contributed by atoms with Gasteiger partial charge >= 0.3 is 0 Å². The van der Waals surface area contributed by atoms with Crippen molar-refractivity contribution in [3.05, 3.63) is 17.8 Å². The molecule has 1 amide bonds. The zero-order valence-electron chi connectivity index (χ0n) is 10.0. The average Bonchev–Trinajstić information content (AvgIpc) is 2.29. The summed E-state index contributed by atoms with van der Waals surface area (Å²) in [5.74, 6) is 0.617. The summed E-state index contributed by atoms with van der Waals surface area (Å²) in [5, 5.41) is 0. The summed E-state index contributed by atoms with van der Waals surface area (Å²) >= 11 is 0. The van der Waals surface area contributed by atoms with Crippen molar-refractivity contribution >= 4 is 17.4 Å². The van der Waals surface area contributed by atoms with Crippen molar-refractivity contribution < 1.29 is 4.79 Å². The van der Waals surface area contributed by atoms with Crippen LogP contribution in [-0.2, 0) is 4.79 Å². The van der Waals surface area contributed by atoms with Gasteiger partial charge in [0.25, 0.3) is 0 Å². The van der Waals surface area contributed by atoms with E-state index in [1.165, 1.54) is 0 Å². The van der Waals surface area contributed by atoms with Crippen LogP contribution in [0, 0.1) is 12.8 Å². The van der Waals surface area contributed by atoms with Gasteiger partial charge in [0.2, 0.25) is 5.91 Å². The SMILES string of the molecule is Cc1cnc(N2CCC(C(N)=O)CC2)c(N)c1. The van der Waals surface area contributed by atoms with E-state index in [9.17, 15) is 4.79 Å². The maximum atomic E-state index is 11.1. The maximum absolute atomic E-state index is 11.1. The van der Waals surface area contributed by atoms with Gasteiger partial charge in [-0.3, -0.25) is 4.79 Å². The highest BCUT2D eigenvalue weighted by molar-refractivity contribution is 5.77. The van der Waals surface area contributed by atoms with Crippen LogP contribution in [-0.4, -0.2) is 24.0 Å². The van der Waals surface area contributed by atoms with Gasteiger partial charge in [-0.15, -0.1) is 0 Å². The molecule has 0 radical (unpaired) electrons. The Morgan fingerprint density at radius 2 is 2.12 bits per heavy atom. The molecule has 0 unspecified atom stereocenters. The first-order valence-electron chi connectivity index (χ1n) is 5.84. The second kappa shape index (κ2) is 4.61. The third-order valence-electron chi connectivity index (χ3n) is 3.23. The second-order valence-corrected chi connectivity index (χ2v) is 4.59. The van der Waals surface area contributed by atoms with Crippen LogP contribution in [0.25, 0.3) is 0 Å². The topological polar surface area (TPSA) is 85.2 Å². The minimum atomic E-state index is -0.200. The number of nitrogens with zero attached hydrogens (tertiary/aromatic N) is 2. The number of hydrogen-bond acceptors (Lipinski definition) is 4. The smallest absolute Gasteiger partial charge is 0.220 e. The van der Waals surface area contributed by atoms with Crippen molar-refractivity contribution in [2.24, 2.45) is 11.7 Å². The van der Waals surface area contributed by atoms with E-state index >= 15 is 0 Å². The Morgan fingerprint density at radius 1 is 1.47 bits per heavy atom. The molecule has 0 atom stereocenters. The highest BCUT2D eigenvalue weighted by atomic mass is 16.1. The molecule has 1 fully saturated rings. The summed E-state index contributed by atoms with van der Waals surface area (Å²) < 4.78 is 0. The number of primary amides is 1. The Bertz CT molecular complexity index is 425. The number of nitrogens with two attached hydrogens (primary N) is 2. The predicted octanol–water partition coefficient (Wildman–Crippen LogP) is 0.674. The number of piperidine rings is 1. The number of carbonyl (C=O) groups is 1. The molecule has 2 heterocycles. The molecule has 1 aromatic heterocycles. The van der Waals surface area contributed by atoms with Gasteiger partial charge in [0.05, 0.1) is 5.69 Å². The lowest BCUT2D eigenvalue weighted by atomic mass is 9.96. The number of hydrogen-bond donors (Lipinski definition) is 2. The van der Waals surface area contributed by atoms with E-state index in [2.05, 4.69) is 9.88 Å². The minimum Gasteiger partial charge on any atom is -0.396 e. The van der Waals surface area contributed by atoms with Crippen LogP contribution >= 0.6 is 0 Å². The molecule has 5 heteroatoms. The first-order valence-corrected chi connectivity index (χ1v) is 5.84. The van der Waals surface area contributed by atoms with Gasteiger partial charge in [-0.05, 0) is 31.4 Å². The van der Waals surface area contributed by atoms with Gasteiger partial charge in [0.15, 0.2) is 5.82 Å². The summed E-state index contributed by atoms with van der Waals surface area (Å²) in [6, 6.07) is 1.92. The number of anilines is 2.